The molecule has 0 unspecified atom stereocenters. The number of hydrogen-bond donors (Lipinski definition) is 1. The summed E-state index contributed by atoms with van der Waals surface area (Å²) in [5.74, 6) is 0.419. The predicted octanol–water partition coefficient (Wildman–Crippen LogP) is 4.25. The molecule has 1 aromatic carbocycles. The molecule has 0 radical (unpaired) electrons. The Morgan fingerprint density at radius 3 is 2.66 bits per heavy atom. The van der Waals surface area contributed by atoms with Gasteiger partial charge in [-0.1, -0.05) is 44.4 Å². The van der Waals surface area contributed by atoms with E-state index < -0.39 is 0 Å². The third-order valence-corrected chi connectivity index (χ3v) is 5.71. The number of aromatic nitrogens is 1. The highest BCUT2D eigenvalue weighted by molar-refractivity contribution is 5.94. The van der Waals surface area contributed by atoms with Crippen LogP contribution in [0.5, 0.6) is 5.75 Å². The fourth-order valence-electron chi connectivity index (χ4n) is 4.07. The number of carbonyl (C=O) groups is 1. The van der Waals surface area contributed by atoms with Crippen LogP contribution in [0.3, 0.4) is 0 Å². The summed E-state index contributed by atoms with van der Waals surface area (Å²) in [4.78, 5) is 26.1. The van der Waals surface area contributed by atoms with Crippen molar-refractivity contribution in [2.45, 2.75) is 71.4 Å². The fraction of sp³-hybridized carbons (Fsp3) is 0.500. The molecule has 0 saturated heterocycles. The number of unbranched alkanes of at least 4 members (excludes halogenated alkanes) is 1. The zero-order valence-electron chi connectivity index (χ0n) is 17.6. The second kappa shape index (κ2) is 10.3. The summed E-state index contributed by atoms with van der Waals surface area (Å²) in [6.45, 7) is 3.14. The first kappa shape index (κ1) is 21.2. The summed E-state index contributed by atoms with van der Waals surface area (Å²) in [5, 5.41) is 2.92. The Kier molecular flexibility index (Phi) is 7.50. The largest absolute Gasteiger partial charge is 0.496 e. The Labute approximate surface area is 173 Å². The van der Waals surface area contributed by atoms with Crippen LogP contribution in [0.2, 0.25) is 0 Å². The van der Waals surface area contributed by atoms with Crippen molar-refractivity contribution in [3.05, 3.63) is 63.1 Å². The van der Waals surface area contributed by atoms with Gasteiger partial charge >= 0.3 is 0 Å². The van der Waals surface area contributed by atoms with E-state index in [1.807, 2.05) is 34.9 Å². The number of nitrogens with zero attached hydrogens (tertiary/aromatic N) is 1. The van der Waals surface area contributed by atoms with Gasteiger partial charge in [0.05, 0.1) is 7.11 Å². The minimum Gasteiger partial charge on any atom is -0.496 e. The van der Waals surface area contributed by atoms with Gasteiger partial charge in [0.1, 0.15) is 11.3 Å². The summed E-state index contributed by atoms with van der Waals surface area (Å²) < 4.78 is 7.23. The Hall–Kier alpha value is -2.56. The monoisotopic (exact) mass is 396 g/mol. The van der Waals surface area contributed by atoms with Gasteiger partial charge in [-0.05, 0) is 49.8 Å². The van der Waals surface area contributed by atoms with Gasteiger partial charge in [0.2, 0.25) is 0 Å². The van der Waals surface area contributed by atoms with Crippen molar-refractivity contribution in [3.63, 3.8) is 0 Å². The fourth-order valence-corrected chi connectivity index (χ4v) is 4.07. The summed E-state index contributed by atoms with van der Waals surface area (Å²) in [5.41, 5.74) is 3.30. The normalized spacial score (nSPS) is 13.9. The Morgan fingerprint density at radius 2 is 1.90 bits per heavy atom. The maximum Gasteiger partial charge on any atom is 0.263 e. The highest BCUT2D eigenvalue weighted by Gasteiger charge is 2.20. The van der Waals surface area contributed by atoms with Crippen molar-refractivity contribution in [2.75, 3.05) is 7.11 Å². The van der Waals surface area contributed by atoms with E-state index in [4.69, 9.17) is 4.74 Å². The van der Waals surface area contributed by atoms with E-state index in [0.717, 1.165) is 55.5 Å². The number of methoxy groups -OCH3 is 1. The number of nitrogens with one attached hydrogen (secondary N) is 1. The molecule has 0 atom stereocenters. The lowest BCUT2D eigenvalue weighted by molar-refractivity contribution is 0.0948. The molecule has 0 spiro atoms. The SMILES string of the molecule is CCCCn1c2c(cc(C(=O)NCc3ccccc3OC)c1=O)CCCCCC2. The van der Waals surface area contributed by atoms with Crippen molar-refractivity contribution < 1.29 is 9.53 Å². The maximum atomic E-state index is 13.2. The minimum atomic E-state index is -0.309. The smallest absolute Gasteiger partial charge is 0.263 e. The van der Waals surface area contributed by atoms with Gasteiger partial charge in [0, 0.05) is 24.3 Å². The van der Waals surface area contributed by atoms with Crippen LogP contribution >= 0.6 is 0 Å². The molecule has 3 rings (SSSR count). The Bertz CT molecular complexity index is 901. The topological polar surface area (TPSA) is 60.3 Å². The van der Waals surface area contributed by atoms with Crippen LogP contribution in [-0.4, -0.2) is 17.6 Å². The lowest BCUT2D eigenvalue weighted by Gasteiger charge is -2.21. The first-order valence-corrected chi connectivity index (χ1v) is 10.8. The molecule has 0 saturated carbocycles. The molecule has 5 nitrogen and oxygen atoms in total. The van der Waals surface area contributed by atoms with Crippen molar-refractivity contribution in [3.8, 4) is 5.75 Å². The zero-order valence-corrected chi connectivity index (χ0v) is 17.6. The van der Waals surface area contributed by atoms with E-state index >= 15 is 0 Å². The van der Waals surface area contributed by atoms with Gasteiger partial charge in [-0.2, -0.15) is 0 Å². The first-order chi connectivity index (χ1) is 14.2. The number of benzene rings is 1. The molecule has 1 N–H and O–H groups in total. The van der Waals surface area contributed by atoms with E-state index in [9.17, 15) is 9.59 Å². The molecule has 1 heterocycles. The zero-order chi connectivity index (χ0) is 20.6. The summed E-state index contributed by atoms with van der Waals surface area (Å²) in [6, 6.07) is 9.44. The van der Waals surface area contributed by atoms with E-state index in [-0.39, 0.29) is 17.0 Å². The predicted molar refractivity (Wildman–Crippen MR) is 116 cm³/mol. The van der Waals surface area contributed by atoms with Gasteiger partial charge in [0.25, 0.3) is 11.5 Å². The number of carbonyl (C=O) groups excluding carboxylic acids is 1. The lowest BCUT2D eigenvalue weighted by atomic mass is 9.95. The van der Waals surface area contributed by atoms with E-state index in [0.29, 0.717) is 13.1 Å². The maximum absolute atomic E-state index is 13.2. The molecule has 156 valence electrons. The lowest BCUT2D eigenvalue weighted by Crippen LogP contribution is -2.35. The van der Waals surface area contributed by atoms with Crippen molar-refractivity contribution in [2.24, 2.45) is 0 Å². The van der Waals surface area contributed by atoms with E-state index in [1.165, 1.54) is 18.4 Å². The molecule has 2 aromatic rings. The molecule has 1 aliphatic carbocycles. The summed E-state index contributed by atoms with van der Waals surface area (Å²) in [7, 11) is 1.61. The van der Waals surface area contributed by atoms with Crippen LogP contribution in [0.4, 0.5) is 0 Å². The van der Waals surface area contributed by atoms with Crippen LogP contribution in [0.15, 0.2) is 35.1 Å². The van der Waals surface area contributed by atoms with Crippen LogP contribution in [-0.2, 0) is 25.9 Å². The number of fused-ring (bicyclic) bond motifs is 1. The second-order valence-corrected chi connectivity index (χ2v) is 7.75. The number of pyridine rings is 1. The number of para-hydroxylation sites is 1. The number of ether oxygens (including phenoxy) is 1. The minimum absolute atomic E-state index is 0.157. The van der Waals surface area contributed by atoms with Gasteiger partial charge < -0.3 is 14.6 Å². The molecule has 5 heteroatoms. The Balaban J connectivity index is 1.90. The number of amides is 1. The average Bonchev–Trinajstić information content (AvgIpc) is 2.72. The second-order valence-electron chi connectivity index (χ2n) is 7.75. The van der Waals surface area contributed by atoms with Crippen LogP contribution in [0.1, 0.15) is 72.6 Å². The van der Waals surface area contributed by atoms with Gasteiger partial charge in [0.15, 0.2) is 0 Å². The summed E-state index contributed by atoms with van der Waals surface area (Å²) in [6.07, 6.45) is 8.47. The molecule has 1 aliphatic rings. The highest BCUT2D eigenvalue weighted by atomic mass is 16.5. The molecule has 1 amide bonds. The van der Waals surface area contributed by atoms with Crippen LogP contribution < -0.4 is 15.6 Å². The van der Waals surface area contributed by atoms with Gasteiger partial charge in [-0.3, -0.25) is 9.59 Å². The quantitative estimate of drug-likeness (QED) is 0.761. The average molecular weight is 397 g/mol. The highest BCUT2D eigenvalue weighted by Crippen LogP contribution is 2.21. The molecule has 0 fully saturated rings. The number of aryl methyl sites for hydroxylation is 1. The van der Waals surface area contributed by atoms with Crippen LogP contribution in [0, 0.1) is 0 Å². The molecule has 1 aromatic heterocycles. The van der Waals surface area contributed by atoms with E-state index in [1.54, 1.807) is 7.11 Å². The first-order valence-electron chi connectivity index (χ1n) is 10.8. The van der Waals surface area contributed by atoms with Crippen molar-refractivity contribution >= 4 is 5.91 Å². The van der Waals surface area contributed by atoms with Crippen LogP contribution in [0.25, 0.3) is 0 Å². The molecular formula is C24H32N2O3. The van der Waals surface area contributed by atoms with E-state index in [2.05, 4.69) is 12.2 Å². The standard InChI is InChI=1S/C24H32N2O3/c1-3-4-15-26-21-13-8-6-5-7-11-18(21)16-20(24(26)28)23(27)25-17-19-12-9-10-14-22(19)29-2/h9-10,12,14,16H,3-8,11,13,15,17H2,1-2H3,(H,25,27). The molecule has 29 heavy (non-hydrogen) atoms. The Morgan fingerprint density at radius 1 is 1.14 bits per heavy atom. The molecular weight excluding hydrogens is 364 g/mol. The number of rotatable bonds is 7. The molecule has 0 aliphatic heterocycles. The van der Waals surface area contributed by atoms with Gasteiger partial charge in [-0.15, -0.1) is 0 Å². The van der Waals surface area contributed by atoms with Crippen molar-refractivity contribution in [1.29, 1.82) is 0 Å². The number of hydrogen-bond acceptors (Lipinski definition) is 3. The molecule has 0 bridgehead atoms. The third kappa shape index (κ3) is 5.08. The summed E-state index contributed by atoms with van der Waals surface area (Å²) >= 11 is 0. The third-order valence-electron chi connectivity index (χ3n) is 5.71. The van der Waals surface area contributed by atoms with Crippen molar-refractivity contribution in [1.82, 2.24) is 9.88 Å². The van der Waals surface area contributed by atoms with Gasteiger partial charge in [-0.25, -0.2) is 0 Å².